The highest BCUT2D eigenvalue weighted by atomic mass is 35.5. The Morgan fingerprint density at radius 1 is 1.21 bits per heavy atom. The first-order chi connectivity index (χ1) is 14.1. The number of carbonyl (C=O) groups excluding carboxylic acids is 1. The van der Waals surface area contributed by atoms with Crippen molar-refractivity contribution < 1.29 is 9.32 Å². The topological polar surface area (TPSA) is 71.3 Å². The van der Waals surface area contributed by atoms with Crippen LogP contribution in [-0.2, 0) is 11.3 Å². The van der Waals surface area contributed by atoms with E-state index < -0.39 is 0 Å². The van der Waals surface area contributed by atoms with Crippen molar-refractivity contribution in [2.75, 3.05) is 18.4 Å². The third kappa shape index (κ3) is 4.96. The highest BCUT2D eigenvalue weighted by molar-refractivity contribution is 6.33. The minimum absolute atomic E-state index is 0.0204. The Morgan fingerprint density at radius 3 is 2.90 bits per heavy atom. The lowest BCUT2D eigenvalue weighted by Gasteiger charge is -2.30. The van der Waals surface area contributed by atoms with Crippen molar-refractivity contribution in [2.24, 2.45) is 5.92 Å². The molecule has 2 aromatic carbocycles. The van der Waals surface area contributed by atoms with E-state index in [-0.39, 0.29) is 11.8 Å². The second-order valence-electron chi connectivity index (χ2n) is 7.07. The van der Waals surface area contributed by atoms with Crippen LogP contribution in [0.4, 0.5) is 5.69 Å². The van der Waals surface area contributed by atoms with Crippen LogP contribution in [0.1, 0.15) is 18.7 Å². The molecule has 0 bridgehead atoms. The van der Waals surface area contributed by atoms with Crippen LogP contribution in [0.25, 0.3) is 11.4 Å². The smallest absolute Gasteiger partial charge is 0.241 e. The van der Waals surface area contributed by atoms with Crippen LogP contribution in [0.3, 0.4) is 0 Å². The molecule has 2 heterocycles. The Kier molecular flexibility index (Phi) is 6.13. The quantitative estimate of drug-likeness (QED) is 0.623. The van der Waals surface area contributed by atoms with E-state index in [9.17, 15) is 4.79 Å². The normalized spacial score (nSPS) is 17.2. The van der Waals surface area contributed by atoms with E-state index in [1.165, 1.54) is 0 Å². The maximum atomic E-state index is 12.7. The summed E-state index contributed by atoms with van der Waals surface area (Å²) >= 11 is 12.2. The first kappa shape index (κ1) is 19.9. The molecule has 1 atom stereocenters. The fraction of sp³-hybridized carbons (Fsp3) is 0.286. The maximum absolute atomic E-state index is 12.7. The zero-order valence-corrected chi connectivity index (χ0v) is 17.2. The molecule has 1 aliphatic rings. The number of nitrogens with zero attached hydrogens (tertiary/aromatic N) is 3. The summed E-state index contributed by atoms with van der Waals surface area (Å²) in [4.78, 5) is 19.3. The van der Waals surface area contributed by atoms with Gasteiger partial charge in [-0.05, 0) is 43.7 Å². The van der Waals surface area contributed by atoms with Gasteiger partial charge in [-0.25, -0.2) is 0 Å². The molecule has 3 aromatic rings. The number of carbonyl (C=O) groups is 1. The molecule has 1 aromatic heterocycles. The first-order valence-electron chi connectivity index (χ1n) is 9.45. The molecule has 1 N–H and O–H groups in total. The Morgan fingerprint density at radius 2 is 2.07 bits per heavy atom. The number of rotatable bonds is 5. The minimum atomic E-state index is -0.115. The molecule has 29 heavy (non-hydrogen) atoms. The number of para-hydroxylation sites is 1. The van der Waals surface area contributed by atoms with Crippen molar-refractivity contribution in [3.63, 3.8) is 0 Å². The molecule has 0 radical (unpaired) electrons. The van der Waals surface area contributed by atoms with Gasteiger partial charge >= 0.3 is 0 Å². The third-order valence-corrected chi connectivity index (χ3v) is 5.48. The van der Waals surface area contributed by atoms with Gasteiger partial charge in [0, 0.05) is 17.1 Å². The summed E-state index contributed by atoms with van der Waals surface area (Å²) in [5.74, 6) is 0.892. The van der Waals surface area contributed by atoms with Crippen molar-refractivity contribution in [1.29, 1.82) is 0 Å². The van der Waals surface area contributed by atoms with Crippen molar-refractivity contribution in [2.45, 2.75) is 19.4 Å². The third-order valence-electron chi connectivity index (χ3n) is 4.92. The number of nitrogens with one attached hydrogen (secondary N) is 1. The molecule has 1 saturated heterocycles. The van der Waals surface area contributed by atoms with E-state index in [2.05, 4.69) is 20.4 Å². The number of amides is 1. The number of benzene rings is 2. The molecule has 1 unspecified atom stereocenters. The molecule has 1 fully saturated rings. The Bertz CT molecular complexity index is 1010. The van der Waals surface area contributed by atoms with Crippen molar-refractivity contribution >= 4 is 34.8 Å². The van der Waals surface area contributed by atoms with E-state index >= 15 is 0 Å². The molecule has 6 nitrogen and oxygen atoms in total. The summed E-state index contributed by atoms with van der Waals surface area (Å²) in [6, 6.07) is 14.6. The van der Waals surface area contributed by atoms with Gasteiger partial charge in [0.05, 0.1) is 23.2 Å². The lowest BCUT2D eigenvalue weighted by molar-refractivity contribution is -0.121. The van der Waals surface area contributed by atoms with E-state index in [1.807, 2.05) is 24.3 Å². The molecule has 150 valence electrons. The van der Waals surface area contributed by atoms with Crippen LogP contribution in [0, 0.1) is 5.92 Å². The van der Waals surface area contributed by atoms with Crippen LogP contribution in [-0.4, -0.2) is 34.0 Å². The molecule has 8 heteroatoms. The Hall–Kier alpha value is -2.41. The average molecular weight is 431 g/mol. The van der Waals surface area contributed by atoms with Gasteiger partial charge in [0.25, 0.3) is 0 Å². The Balaban J connectivity index is 1.38. The fourth-order valence-corrected chi connectivity index (χ4v) is 3.84. The van der Waals surface area contributed by atoms with Crippen molar-refractivity contribution in [3.8, 4) is 11.4 Å². The van der Waals surface area contributed by atoms with Gasteiger partial charge in [0.2, 0.25) is 17.6 Å². The number of hydrogen-bond donors (Lipinski definition) is 1. The summed E-state index contributed by atoms with van der Waals surface area (Å²) in [5, 5.41) is 8.14. The molecule has 0 aliphatic carbocycles. The second-order valence-corrected chi connectivity index (χ2v) is 7.91. The molecule has 0 spiro atoms. The summed E-state index contributed by atoms with van der Waals surface area (Å²) in [7, 11) is 0. The van der Waals surface area contributed by atoms with Crippen LogP contribution in [0.2, 0.25) is 10.0 Å². The maximum Gasteiger partial charge on any atom is 0.241 e. The number of anilines is 1. The highest BCUT2D eigenvalue weighted by Gasteiger charge is 2.27. The molecular formula is C21H20Cl2N4O2. The Labute approximate surface area is 178 Å². The number of aromatic nitrogens is 2. The SMILES string of the molecule is O=C(Nc1ccccc1Cl)C1CCCN(Cc2nc(-c3cccc(Cl)c3)no2)C1. The van der Waals surface area contributed by atoms with Crippen LogP contribution < -0.4 is 5.32 Å². The standard InChI is InChI=1S/C21H20Cl2N4O2/c22-16-7-3-5-14(11-16)20-25-19(29-26-20)13-27-10-4-6-15(12-27)21(28)24-18-9-2-1-8-17(18)23/h1-3,5,7-9,11,15H,4,6,10,12-13H2,(H,24,28). The zero-order chi connectivity index (χ0) is 20.2. The predicted octanol–water partition coefficient (Wildman–Crippen LogP) is 4.89. The summed E-state index contributed by atoms with van der Waals surface area (Å²) in [6.45, 7) is 2.01. The molecule has 1 aliphatic heterocycles. The van der Waals surface area contributed by atoms with Gasteiger partial charge in [-0.1, -0.05) is 52.6 Å². The largest absolute Gasteiger partial charge is 0.338 e. The second kappa shape index (κ2) is 8.95. The number of piperidine rings is 1. The molecular weight excluding hydrogens is 411 g/mol. The summed E-state index contributed by atoms with van der Waals surface area (Å²) < 4.78 is 5.40. The van der Waals surface area contributed by atoms with Gasteiger partial charge in [0.1, 0.15) is 0 Å². The lowest BCUT2D eigenvalue weighted by Crippen LogP contribution is -2.40. The van der Waals surface area contributed by atoms with E-state index in [4.69, 9.17) is 27.7 Å². The highest BCUT2D eigenvalue weighted by Crippen LogP contribution is 2.25. The van der Waals surface area contributed by atoms with E-state index in [0.29, 0.717) is 40.5 Å². The van der Waals surface area contributed by atoms with Crippen molar-refractivity contribution in [3.05, 3.63) is 64.5 Å². The van der Waals surface area contributed by atoms with E-state index in [0.717, 1.165) is 24.9 Å². The average Bonchev–Trinajstić information content (AvgIpc) is 3.18. The monoisotopic (exact) mass is 430 g/mol. The van der Waals surface area contributed by atoms with Crippen molar-refractivity contribution in [1.82, 2.24) is 15.0 Å². The first-order valence-corrected chi connectivity index (χ1v) is 10.2. The van der Waals surface area contributed by atoms with E-state index in [1.54, 1.807) is 24.3 Å². The molecule has 0 saturated carbocycles. The number of likely N-dealkylation sites (tertiary alicyclic amines) is 1. The fourth-order valence-electron chi connectivity index (χ4n) is 3.47. The van der Waals surface area contributed by atoms with Crippen LogP contribution >= 0.6 is 23.2 Å². The lowest BCUT2D eigenvalue weighted by atomic mass is 9.97. The van der Waals surface area contributed by atoms with Gasteiger partial charge in [-0.2, -0.15) is 4.98 Å². The zero-order valence-electron chi connectivity index (χ0n) is 15.6. The van der Waals surface area contributed by atoms with Crippen LogP contribution in [0.15, 0.2) is 53.1 Å². The number of halogens is 2. The van der Waals surface area contributed by atoms with Gasteiger partial charge < -0.3 is 9.84 Å². The summed E-state index contributed by atoms with van der Waals surface area (Å²) in [5.41, 5.74) is 1.45. The van der Waals surface area contributed by atoms with Crippen LogP contribution in [0.5, 0.6) is 0 Å². The number of hydrogen-bond acceptors (Lipinski definition) is 5. The summed E-state index contributed by atoms with van der Waals surface area (Å²) in [6.07, 6.45) is 1.76. The predicted molar refractivity (Wildman–Crippen MR) is 113 cm³/mol. The minimum Gasteiger partial charge on any atom is -0.338 e. The van der Waals surface area contributed by atoms with Gasteiger partial charge in [-0.15, -0.1) is 0 Å². The molecule has 1 amide bonds. The van der Waals surface area contributed by atoms with Gasteiger partial charge in [-0.3, -0.25) is 9.69 Å². The van der Waals surface area contributed by atoms with Gasteiger partial charge in [0.15, 0.2) is 0 Å². The molecule has 4 rings (SSSR count).